The van der Waals surface area contributed by atoms with Gasteiger partial charge in [-0.1, -0.05) is 6.92 Å². The zero-order valence-electron chi connectivity index (χ0n) is 13.2. The van der Waals surface area contributed by atoms with E-state index in [1.165, 1.54) is 6.92 Å². The second-order valence-corrected chi connectivity index (χ2v) is 5.69. The Morgan fingerprint density at radius 1 is 1.48 bits per heavy atom. The van der Waals surface area contributed by atoms with E-state index >= 15 is 0 Å². The highest BCUT2D eigenvalue weighted by Gasteiger charge is 2.29. The molecule has 2 aromatic rings. The van der Waals surface area contributed by atoms with Crippen LogP contribution >= 0.6 is 0 Å². The number of aromatic amines is 1. The Balaban J connectivity index is 1.64. The first-order chi connectivity index (χ1) is 11.1. The highest BCUT2D eigenvalue weighted by molar-refractivity contribution is 5.92. The van der Waals surface area contributed by atoms with Crippen molar-refractivity contribution in [3.05, 3.63) is 29.7 Å². The molecule has 2 aromatic heterocycles. The number of nitrogens with zero attached hydrogens (tertiary/aromatic N) is 4. The summed E-state index contributed by atoms with van der Waals surface area (Å²) in [5.41, 5.74) is 1.41. The highest BCUT2D eigenvalue weighted by Crippen LogP contribution is 2.23. The van der Waals surface area contributed by atoms with Crippen LogP contribution in [0.5, 0.6) is 0 Å². The van der Waals surface area contributed by atoms with Crippen LogP contribution < -0.4 is 5.32 Å². The van der Waals surface area contributed by atoms with Gasteiger partial charge in [0.25, 0.3) is 5.91 Å². The SMILES string of the molecule is CCc1cc(C(=O)N2CCC(n3ccc(NC(C)=O)n3)C2)n[nH]1. The molecule has 3 rings (SSSR count). The van der Waals surface area contributed by atoms with E-state index < -0.39 is 0 Å². The van der Waals surface area contributed by atoms with Crippen LogP contribution in [0.25, 0.3) is 0 Å². The molecule has 8 heteroatoms. The van der Waals surface area contributed by atoms with Crippen molar-refractivity contribution in [1.29, 1.82) is 0 Å². The third kappa shape index (κ3) is 3.25. The van der Waals surface area contributed by atoms with E-state index in [2.05, 4.69) is 20.6 Å². The summed E-state index contributed by atoms with van der Waals surface area (Å²) >= 11 is 0. The van der Waals surface area contributed by atoms with Gasteiger partial charge >= 0.3 is 0 Å². The average molecular weight is 316 g/mol. The lowest BCUT2D eigenvalue weighted by molar-refractivity contribution is -0.114. The highest BCUT2D eigenvalue weighted by atomic mass is 16.2. The first-order valence-corrected chi connectivity index (χ1v) is 7.73. The summed E-state index contributed by atoms with van der Waals surface area (Å²) in [5, 5.41) is 13.9. The van der Waals surface area contributed by atoms with E-state index in [1.807, 2.05) is 13.1 Å². The molecule has 0 aromatic carbocycles. The first-order valence-electron chi connectivity index (χ1n) is 7.73. The lowest BCUT2D eigenvalue weighted by Crippen LogP contribution is -2.29. The van der Waals surface area contributed by atoms with Crippen LogP contribution in [-0.4, -0.2) is 49.8 Å². The van der Waals surface area contributed by atoms with Crippen LogP contribution in [-0.2, 0) is 11.2 Å². The van der Waals surface area contributed by atoms with Crippen LogP contribution in [0.1, 0.15) is 42.5 Å². The molecule has 1 unspecified atom stereocenters. The Labute approximate surface area is 133 Å². The van der Waals surface area contributed by atoms with Gasteiger partial charge in [-0.3, -0.25) is 19.4 Å². The van der Waals surface area contributed by atoms with Crippen molar-refractivity contribution in [2.45, 2.75) is 32.7 Å². The number of nitrogens with one attached hydrogen (secondary N) is 2. The number of anilines is 1. The Kier molecular flexibility index (Phi) is 4.14. The minimum atomic E-state index is -0.149. The number of hydrogen-bond donors (Lipinski definition) is 2. The molecule has 1 aliphatic rings. The van der Waals surface area contributed by atoms with Crippen molar-refractivity contribution in [3.63, 3.8) is 0 Å². The maximum absolute atomic E-state index is 12.5. The summed E-state index contributed by atoms with van der Waals surface area (Å²) in [6.45, 7) is 4.73. The van der Waals surface area contributed by atoms with Crippen LogP contribution in [0.4, 0.5) is 5.82 Å². The standard InChI is InChI=1S/C15H20N6O2/c1-3-11-8-13(18-17-11)15(23)20-6-4-12(9-20)21-7-5-14(19-21)16-10(2)22/h5,7-8,12H,3-4,6,9H2,1-2H3,(H,17,18)(H,16,19,22). The summed E-state index contributed by atoms with van der Waals surface area (Å²) in [6, 6.07) is 3.68. The van der Waals surface area contributed by atoms with Gasteiger partial charge in [0.15, 0.2) is 5.82 Å². The number of rotatable bonds is 4. The van der Waals surface area contributed by atoms with Crippen molar-refractivity contribution in [2.75, 3.05) is 18.4 Å². The van der Waals surface area contributed by atoms with E-state index in [1.54, 1.807) is 21.7 Å². The third-order valence-electron chi connectivity index (χ3n) is 3.97. The van der Waals surface area contributed by atoms with Gasteiger partial charge in [-0.15, -0.1) is 0 Å². The van der Waals surface area contributed by atoms with E-state index in [-0.39, 0.29) is 17.9 Å². The molecule has 23 heavy (non-hydrogen) atoms. The predicted octanol–water partition coefficient (Wildman–Crippen LogP) is 1.21. The molecule has 0 spiro atoms. The monoisotopic (exact) mass is 316 g/mol. The minimum absolute atomic E-state index is 0.0577. The molecule has 3 heterocycles. The topological polar surface area (TPSA) is 95.9 Å². The second kappa shape index (κ2) is 6.23. The Hall–Kier alpha value is -2.64. The summed E-state index contributed by atoms with van der Waals surface area (Å²) < 4.78 is 1.81. The van der Waals surface area contributed by atoms with E-state index in [4.69, 9.17) is 0 Å². The van der Waals surface area contributed by atoms with Crippen molar-refractivity contribution in [3.8, 4) is 0 Å². The predicted molar refractivity (Wildman–Crippen MR) is 84.1 cm³/mol. The number of H-pyrrole nitrogens is 1. The maximum atomic E-state index is 12.5. The molecule has 0 aliphatic carbocycles. The molecular formula is C15H20N6O2. The van der Waals surface area contributed by atoms with Gasteiger partial charge in [0.05, 0.1) is 6.04 Å². The fraction of sp³-hybridized carbons (Fsp3) is 0.467. The molecule has 2 N–H and O–H groups in total. The van der Waals surface area contributed by atoms with E-state index in [0.717, 1.165) is 18.5 Å². The molecule has 1 atom stereocenters. The largest absolute Gasteiger partial charge is 0.335 e. The molecular weight excluding hydrogens is 296 g/mol. The van der Waals surface area contributed by atoms with Crippen LogP contribution in [0.15, 0.2) is 18.3 Å². The fourth-order valence-corrected chi connectivity index (χ4v) is 2.74. The first kappa shape index (κ1) is 15.3. The van der Waals surface area contributed by atoms with Crippen LogP contribution in [0.3, 0.4) is 0 Å². The van der Waals surface area contributed by atoms with Crippen molar-refractivity contribution < 1.29 is 9.59 Å². The molecule has 8 nitrogen and oxygen atoms in total. The number of likely N-dealkylation sites (tertiary alicyclic amines) is 1. The molecule has 0 radical (unpaired) electrons. The van der Waals surface area contributed by atoms with Gasteiger partial charge in [0.2, 0.25) is 5.91 Å². The Morgan fingerprint density at radius 2 is 2.30 bits per heavy atom. The zero-order chi connectivity index (χ0) is 16.4. The van der Waals surface area contributed by atoms with Gasteiger partial charge in [-0.05, 0) is 18.9 Å². The van der Waals surface area contributed by atoms with E-state index in [9.17, 15) is 9.59 Å². The summed E-state index contributed by atoms with van der Waals surface area (Å²) in [6.07, 6.45) is 3.48. The van der Waals surface area contributed by atoms with Crippen LogP contribution in [0, 0.1) is 0 Å². The zero-order valence-corrected chi connectivity index (χ0v) is 13.2. The van der Waals surface area contributed by atoms with Gasteiger partial charge in [0.1, 0.15) is 5.69 Å². The summed E-state index contributed by atoms with van der Waals surface area (Å²) in [7, 11) is 0. The summed E-state index contributed by atoms with van der Waals surface area (Å²) in [5.74, 6) is 0.323. The van der Waals surface area contributed by atoms with Crippen LogP contribution in [0.2, 0.25) is 0 Å². The second-order valence-electron chi connectivity index (χ2n) is 5.69. The molecule has 122 valence electrons. The fourth-order valence-electron chi connectivity index (χ4n) is 2.74. The van der Waals surface area contributed by atoms with Gasteiger partial charge in [-0.25, -0.2) is 0 Å². The van der Waals surface area contributed by atoms with Gasteiger partial charge < -0.3 is 10.2 Å². The van der Waals surface area contributed by atoms with Crippen molar-refractivity contribution in [2.24, 2.45) is 0 Å². The van der Waals surface area contributed by atoms with Crippen molar-refractivity contribution >= 4 is 17.6 Å². The Morgan fingerprint density at radius 3 is 3.00 bits per heavy atom. The molecule has 1 fully saturated rings. The molecule has 1 saturated heterocycles. The summed E-state index contributed by atoms with van der Waals surface area (Å²) in [4.78, 5) is 25.3. The average Bonchev–Trinajstić information content (AvgIpc) is 3.25. The quantitative estimate of drug-likeness (QED) is 0.886. The number of carbonyl (C=O) groups excluding carboxylic acids is 2. The molecule has 0 saturated carbocycles. The number of hydrogen-bond acceptors (Lipinski definition) is 4. The number of carbonyl (C=O) groups is 2. The van der Waals surface area contributed by atoms with Gasteiger partial charge in [0, 0.05) is 38.0 Å². The third-order valence-corrected chi connectivity index (χ3v) is 3.97. The Bertz CT molecular complexity index is 719. The number of amides is 2. The smallest absolute Gasteiger partial charge is 0.274 e. The minimum Gasteiger partial charge on any atom is -0.335 e. The lowest BCUT2D eigenvalue weighted by atomic mass is 10.3. The van der Waals surface area contributed by atoms with Gasteiger partial charge in [-0.2, -0.15) is 10.2 Å². The number of aromatic nitrogens is 4. The lowest BCUT2D eigenvalue weighted by Gasteiger charge is -2.15. The molecule has 1 aliphatic heterocycles. The van der Waals surface area contributed by atoms with Crippen molar-refractivity contribution in [1.82, 2.24) is 24.9 Å². The normalized spacial score (nSPS) is 17.5. The maximum Gasteiger partial charge on any atom is 0.274 e. The molecule has 0 bridgehead atoms. The molecule has 2 amide bonds. The number of aryl methyl sites for hydroxylation is 1. The van der Waals surface area contributed by atoms with E-state index in [0.29, 0.717) is 24.6 Å².